The lowest BCUT2D eigenvalue weighted by Crippen LogP contribution is -2.39. The van der Waals surface area contributed by atoms with Crippen LogP contribution < -0.4 is 5.32 Å². The fourth-order valence-corrected chi connectivity index (χ4v) is 3.61. The Kier molecular flexibility index (Phi) is 4.53. The summed E-state index contributed by atoms with van der Waals surface area (Å²) in [7, 11) is 0. The fraction of sp³-hybridized carbons (Fsp3) is 0.917. The molecule has 0 radical (unpaired) electrons. The van der Waals surface area contributed by atoms with Crippen molar-refractivity contribution in [1.82, 2.24) is 10.2 Å². The normalized spacial score (nSPS) is 27.7. The van der Waals surface area contributed by atoms with Crippen LogP contribution >= 0.6 is 11.8 Å². The Balaban J connectivity index is 1.63. The Labute approximate surface area is 102 Å². The molecule has 0 aromatic rings. The highest BCUT2D eigenvalue weighted by atomic mass is 32.2. The number of hydrogen-bond acceptors (Lipinski definition) is 3. The number of likely N-dealkylation sites (tertiary alicyclic amines) is 1. The van der Waals surface area contributed by atoms with E-state index in [-0.39, 0.29) is 0 Å². The van der Waals surface area contributed by atoms with E-state index >= 15 is 0 Å². The van der Waals surface area contributed by atoms with E-state index in [2.05, 4.69) is 12.2 Å². The van der Waals surface area contributed by atoms with E-state index in [9.17, 15) is 4.79 Å². The lowest BCUT2D eigenvalue weighted by atomic mass is 10.1. The van der Waals surface area contributed by atoms with Crippen LogP contribution in [0, 0.1) is 0 Å². The smallest absolute Gasteiger partial charge is 0.222 e. The van der Waals surface area contributed by atoms with Gasteiger partial charge in [0.15, 0.2) is 0 Å². The molecule has 2 unspecified atom stereocenters. The Morgan fingerprint density at radius 3 is 3.12 bits per heavy atom. The summed E-state index contributed by atoms with van der Waals surface area (Å²) in [4.78, 5) is 13.4. The quantitative estimate of drug-likeness (QED) is 0.792. The predicted octanol–water partition coefficient (Wildman–Crippen LogP) is 1.48. The number of nitrogens with one attached hydrogen (secondary N) is 1. The number of carbonyl (C=O) groups is 1. The molecular weight excluding hydrogens is 220 g/mol. The van der Waals surface area contributed by atoms with Crippen molar-refractivity contribution < 1.29 is 4.79 Å². The molecule has 2 rings (SSSR count). The van der Waals surface area contributed by atoms with Gasteiger partial charge in [0, 0.05) is 37.3 Å². The summed E-state index contributed by atoms with van der Waals surface area (Å²) in [6.45, 7) is 4.15. The molecule has 2 aliphatic rings. The van der Waals surface area contributed by atoms with Gasteiger partial charge in [0.1, 0.15) is 0 Å². The van der Waals surface area contributed by atoms with E-state index in [1.165, 1.54) is 17.9 Å². The highest BCUT2D eigenvalue weighted by Gasteiger charge is 2.21. The van der Waals surface area contributed by atoms with Crippen LogP contribution in [0.5, 0.6) is 0 Å². The van der Waals surface area contributed by atoms with E-state index < -0.39 is 0 Å². The first-order valence-electron chi connectivity index (χ1n) is 6.37. The second-order valence-corrected chi connectivity index (χ2v) is 6.05. The third-order valence-corrected chi connectivity index (χ3v) is 4.62. The molecule has 0 aromatic heterocycles. The highest BCUT2D eigenvalue weighted by Crippen LogP contribution is 2.18. The molecule has 16 heavy (non-hydrogen) atoms. The van der Waals surface area contributed by atoms with Gasteiger partial charge in [-0.05, 0) is 31.9 Å². The maximum absolute atomic E-state index is 11.4. The van der Waals surface area contributed by atoms with Crippen molar-refractivity contribution in [2.24, 2.45) is 0 Å². The Bertz CT molecular complexity index is 241. The number of carbonyl (C=O) groups excluding carboxylic acids is 1. The van der Waals surface area contributed by atoms with Gasteiger partial charge in [0.25, 0.3) is 0 Å². The summed E-state index contributed by atoms with van der Waals surface area (Å²) in [6, 6.07) is 1.24. The summed E-state index contributed by atoms with van der Waals surface area (Å²) in [6.07, 6.45) is 4.21. The molecule has 2 atom stereocenters. The third kappa shape index (κ3) is 3.39. The summed E-state index contributed by atoms with van der Waals surface area (Å²) < 4.78 is 0. The maximum Gasteiger partial charge on any atom is 0.222 e. The SMILES string of the molecule is CC(CCN1CCCC1=O)NC1CCSC1. The lowest BCUT2D eigenvalue weighted by Gasteiger charge is -2.22. The van der Waals surface area contributed by atoms with Gasteiger partial charge < -0.3 is 10.2 Å². The minimum Gasteiger partial charge on any atom is -0.343 e. The fourth-order valence-electron chi connectivity index (χ4n) is 2.44. The molecule has 0 aromatic carbocycles. The molecule has 0 aliphatic carbocycles. The van der Waals surface area contributed by atoms with Crippen LogP contribution in [-0.4, -0.2) is 47.5 Å². The molecule has 2 fully saturated rings. The zero-order valence-corrected chi connectivity index (χ0v) is 10.9. The molecule has 2 saturated heterocycles. The zero-order chi connectivity index (χ0) is 11.4. The van der Waals surface area contributed by atoms with E-state index in [1.54, 1.807) is 0 Å². The van der Waals surface area contributed by atoms with Gasteiger partial charge in [0.2, 0.25) is 5.91 Å². The first-order valence-corrected chi connectivity index (χ1v) is 7.53. The largest absolute Gasteiger partial charge is 0.343 e. The van der Waals surface area contributed by atoms with E-state index in [1.807, 2.05) is 16.7 Å². The Morgan fingerprint density at radius 1 is 1.62 bits per heavy atom. The van der Waals surface area contributed by atoms with Crippen LogP contribution in [0.25, 0.3) is 0 Å². The molecule has 0 spiro atoms. The van der Waals surface area contributed by atoms with Crippen molar-refractivity contribution in [3.05, 3.63) is 0 Å². The molecule has 1 amide bonds. The molecule has 3 nitrogen and oxygen atoms in total. The van der Waals surface area contributed by atoms with Gasteiger partial charge >= 0.3 is 0 Å². The summed E-state index contributed by atoms with van der Waals surface area (Å²) in [5.74, 6) is 2.91. The second kappa shape index (κ2) is 5.92. The van der Waals surface area contributed by atoms with Gasteiger partial charge in [-0.25, -0.2) is 0 Å². The van der Waals surface area contributed by atoms with Crippen LogP contribution in [0.2, 0.25) is 0 Å². The maximum atomic E-state index is 11.4. The minimum absolute atomic E-state index is 0.351. The average Bonchev–Trinajstić information content (AvgIpc) is 2.87. The number of thioether (sulfide) groups is 1. The van der Waals surface area contributed by atoms with Gasteiger partial charge in [-0.1, -0.05) is 0 Å². The monoisotopic (exact) mass is 242 g/mol. The van der Waals surface area contributed by atoms with Crippen LogP contribution in [-0.2, 0) is 4.79 Å². The van der Waals surface area contributed by atoms with Crippen LogP contribution in [0.4, 0.5) is 0 Å². The number of rotatable bonds is 5. The highest BCUT2D eigenvalue weighted by molar-refractivity contribution is 7.99. The average molecular weight is 242 g/mol. The molecule has 4 heteroatoms. The molecule has 0 saturated carbocycles. The van der Waals surface area contributed by atoms with Crippen molar-refractivity contribution in [3.8, 4) is 0 Å². The predicted molar refractivity (Wildman–Crippen MR) is 68.8 cm³/mol. The molecule has 2 heterocycles. The Morgan fingerprint density at radius 2 is 2.50 bits per heavy atom. The van der Waals surface area contributed by atoms with Crippen molar-refractivity contribution >= 4 is 17.7 Å². The molecule has 1 N–H and O–H groups in total. The summed E-state index contributed by atoms with van der Waals surface area (Å²) >= 11 is 2.04. The number of hydrogen-bond donors (Lipinski definition) is 1. The van der Waals surface area contributed by atoms with Gasteiger partial charge in [-0.2, -0.15) is 11.8 Å². The molecular formula is C12H22N2OS. The lowest BCUT2D eigenvalue weighted by molar-refractivity contribution is -0.127. The van der Waals surface area contributed by atoms with Crippen LogP contribution in [0.15, 0.2) is 0 Å². The summed E-state index contributed by atoms with van der Waals surface area (Å²) in [5, 5.41) is 3.66. The van der Waals surface area contributed by atoms with Crippen LogP contribution in [0.1, 0.15) is 32.6 Å². The van der Waals surface area contributed by atoms with Gasteiger partial charge in [-0.15, -0.1) is 0 Å². The third-order valence-electron chi connectivity index (χ3n) is 3.45. The van der Waals surface area contributed by atoms with E-state index in [0.717, 1.165) is 32.4 Å². The Hall–Kier alpha value is -0.220. The molecule has 0 bridgehead atoms. The van der Waals surface area contributed by atoms with Gasteiger partial charge in [-0.3, -0.25) is 4.79 Å². The van der Waals surface area contributed by atoms with Crippen molar-refractivity contribution in [2.75, 3.05) is 24.6 Å². The van der Waals surface area contributed by atoms with Crippen molar-refractivity contribution in [1.29, 1.82) is 0 Å². The second-order valence-electron chi connectivity index (χ2n) is 4.90. The first kappa shape index (κ1) is 12.2. The van der Waals surface area contributed by atoms with E-state index in [4.69, 9.17) is 0 Å². The molecule has 2 aliphatic heterocycles. The number of amides is 1. The first-order chi connectivity index (χ1) is 7.75. The van der Waals surface area contributed by atoms with E-state index in [0.29, 0.717) is 18.0 Å². The minimum atomic E-state index is 0.351. The topological polar surface area (TPSA) is 32.3 Å². The van der Waals surface area contributed by atoms with Crippen molar-refractivity contribution in [3.63, 3.8) is 0 Å². The molecule has 92 valence electrons. The zero-order valence-electron chi connectivity index (χ0n) is 10.1. The van der Waals surface area contributed by atoms with Crippen LogP contribution in [0.3, 0.4) is 0 Å². The summed E-state index contributed by atoms with van der Waals surface area (Å²) in [5.41, 5.74) is 0. The van der Waals surface area contributed by atoms with Gasteiger partial charge in [0.05, 0.1) is 0 Å². The van der Waals surface area contributed by atoms with Crippen molar-refractivity contribution in [2.45, 2.75) is 44.7 Å². The number of nitrogens with zero attached hydrogens (tertiary/aromatic N) is 1. The standard InChI is InChI=1S/C12H22N2OS/c1-10(13-11-5-8-16-9-11)4-7-14-6-2-3-12(14)15/h10-11,13H,2-9H2,1H3.